The summed E-state index contributed by atoms with van der Waals surface area (Å²) in [6.45, 7) is 1.05. The van der Waals surface area contributed by atoms with Gasteiger partial charge in [0.05, 0.1) is 15.8 Å². The zero-order chi connectivity index (χ0) is 12.5. The van der Waals surface area contributed by atoms with Crippen LogP contribution in [0.2, 0.25) is 4.34 Å². The number of aliphatic hydroxyl groups is 1. The first-order valence-electron chi connectivity index (χ1n) is 5.90. The number of nitrogens with zero attached hydrogens (tertiary/aromatic N) is 2. The highest BCUT2D eigenvalue weighted by Crippen LogP contribution is 2.32. The summed E-state index contributed by atoms with van der Waals surface area (Å²) in [5.74, 6) is 0.956. The van der Waals surface area contributed by atoms with Crippen LogP contribution in [0.15, 0.2) is 24.5 Å². The van der Waals surface area contributed by atoms with Gasteiger partial charge in [0.25, 0.3) is 0 Å². The summed E-state index contributed by atoms with van der Waals surface area (Å²) in [5, 5.41) is 12.5. The maximum absolute atomic E-state index is 9.17. The summed E-state index contributed by atoms with van der Waals surface area (Å²) in [6.07, 6.45) is 4.74. The Labute approximate surface area is 139 Å². The molecule has 20 heavy (non-hydrogen) atoms. The molecule has 0 spiro atoms. The molecular formula is C12H16Cl3N3OS. The maximum atomic E-state index is 9.17. The van der Waals surface area contributed by atoms with Gasteiger partial charge in [-0.1, -0.05) is 11.6 Å². The molecule has 4 nitrogen and oxygen atoms in total. The Morgan fingerprint density at radius 3 is 2.85 bits per heavy atom. The van der Waals surface area contributed by atoms with Crippen molar-refractivity contribution in [1.29, 1.82) is 0 Å². The topological polar surface area (TPSA) is 50.1 Å². The van der Waals surface area contributed by atoms with Gasteiger partial charge in [-0.25, -0.2) is 4.98 Å². The molecule has 1 saturated heterocycles. The Hall–Kier alpha value is -0.300. The smallest absolute Gasteiger partial charge is 0.150 e. The third-order valence-corrected chi connectivity index (χ3v) is 4.50. The zero-order valence-electron chi connectivity index (χ0n) is 10.5. The summed E-state index contributed by atoms with van der Waals surface area (Å²) < 4.78 is 2.95. The van der Waals surface area contributed by atoms with Crippen LogP contribution in [0.3, 0.4) is 0 Å². The van der Waals surface area contributed by atoms with E-state index in [1.807, 2.05) is 24.5 Å². The van der Waals surface area contributed by atoms with Crippen LogP contribution < -0.4 is 5.32 Å². The lowest BCUT2D eigenvalue weighted by Crippen LogP contribution is -2.24. The number of hydrogen-bond donors (Lipinski definition) is 2. The highest BCUT2D eigenvalue weighted by atomic mass is 35.5. The van der Waals surface area contributed by atoms with E-state index in [0.717, 1.165) is 28.0 Å². The summed E-state index contributed by atoms with van der Waals surface area (Å²) in [6, 6.07) is 4.43. The molecule has 8 heteroatoms. The minimum atomic E-state index is 0. The molecule has 1 aliphatic heterocycles. The first-order valence-corrected chi connectivity index (χ1v) is 7.10. The molecule has 112 valence electrons. The Kier molecular flexibility index (Phi) is 6.78. The standard InChI is InChI=1S/C12H14ClN3OS.2ClH/c13-11-2-1-10(18-11)12-14-3-4-16(12)9-5-8(7-17)15-6-9;;/h1-4,8-9,15,17H,5-7H2;2*1H/t8-,9-;;/m0../s1. The molecule has 0 radical (unpaired) electrons. The van der Waals surface area contributed by atoms with Crippen LogP contribution in [0.1, 0.15) is 12.5 Å². The third-order valence-electron chi connectivity index (χ3n) is 3.27. The second-order valence-electron chi connectivity index (χ2n) is 4.44. The van der Waals surface area contributed by atoms with Crippen molar-refractivity contribution in [2.45, 2.75) is 18.5 Å². The van der Waals surface area contributed by atoms with E-state index in [1.54, 1.807) is 0 Å². The minimum Gasteiger partial charge on any atom is -0.395 e. The predicted octanol–water partition coefficient (Wildman–Crippen LogP) is 3.00. The number of halogens is 3. The Bertz CT molecular complexity index is 546. The number of aromatic nitrogens is 2. The number of rotatable bonds is 3. The minimum absolute atomic E-state index is 0. The molecule has 0 bridgehead atoms. The van der Waals surface area contributed by atoms with Gasteiger partial charge >= 0.3 is 0 Å². The number of imidazole rings is 1. The molecule has 1 aliphatic rings. The fraction of sp³-hybridized carbons (Fsp3) is 0.417. The summed E-state index contributed by atoms with van der Waals surface area (Å²) in [7, 11) is 0. The normalized spacial score (nSPS) is 21.3. The number of thiophene rings is 1. The molecule has 3 rings (SSSR count). The van der Waals surface area contributed by atoms with Gasteiger partial charge in [0.1, 0.15) is 5.82 Å². The van der Waals surface area contributed by atoms with Crippen LogP contribution in [0, 0.1) is 0 Å². The molecule has 0 amide bonds. The van der Waals surface area contributed by atoms with Crippen molar-refractivity contribution in [2.75, 3.05) is 13.2 Å². The summed E-state index contributed by atoms with van der Waals surface area (Å²) in [4.78, 5) is 5.50. The van der Waals surface area contributed by atoms with E-state index < -0.39 is 0 Å². The van der Waals surface area contributed by atoms with Crippen molar-refractivity contribution < 1.29 is 5.11 Å². The second kappa shape index (κ2) is 7.64. The fourth-order valence-corrected chi connectivity index (χ4v) is 3.43. The van der Waals surface area contributed by atoms with Crippen LogP contribution in [0.4, 0.5) is 0 Å². The van der Waals surface area contributed by atoms with Gasteiger partial charge < -0.3 is 15.0 Å². The molecule has 0 unspecified atom stereocenters. The van der Waals surface area contributed by atoms with E-state index in [4.69, 9.17) is 16.7 Å². The van der Waals surface area contributed by atoms with E-state index in [2.05, 4.69) is 14.9 Å². The number of nitrogens with one attached hydrogen (secondary N) is 1. The molecule has 3 heterocycles. The monoisotopic (exact) mass is 355 g/mol. The van der Waals surface area contributed by atoms with Gasteiger partial charge in [-0.05, 0) is 18.6 Å². The lowest BCUT2D eigenvalue weighted by atomic mass is 10.2. The van der Waals surface area contributed by atoms with Gasteiger partial charge in [-0.2, -0.15) is 0 Å². The average molecular weight is 357 g/mol. The second-order valence-corrected chi connectivity index (χ2v) is 6.15. The lowest BCUT2D eigenvalue weighted by molar-refractivity contribution is 0.253. The molecule has 2 aromatic heterocycles. The molecule has 2 atom stereocenters. The van der Waals surface area contributed by atoms with Crippen LogP contribution in [-0.2, 0) is 0 Å². The fourth-order valence-electron chi connectivity index (χ4n) is 2.38. The van der Waals surface area contributed by atoms with Crippen LogP contribution >= 0.6 is 47.8 Å². The first kappa shape index (κ1) is 17.8. The molecule has 2 aromatic rings. The van der Waals surface area contributed by atoms with Crippen molar-refractivity contribution in [1.82, 2.24) is 14.9 Å². The van der Waals surface area contributed by atoms with E-state index in [-0.39, 0.29) is 37.5 Å². The van der Waals surface area contributed by atoms with Crippen molar-refractivity contribution >= 4 is 47.8 Å². The molecule has 0 saturated carbocycles. The highest BCUT2D eigenvalue weighted by Gasteiger charge is 2.26. The average Bonchev–Trinajstić information content (AvgIpc) is 3.07. The van der Waals surface area contributed by atoms with Gasteiger partial charge in [-0.15, -0.1) is 36.2 Å². The zero-order valence-corrected chi connectivity index (χ0v) is 13.7. The molecule has 0 aliphatic carbocycles. The Morgan fingerprint density at radius 1 is 1.45 bits per heavy atom. The molecule has 2 N–H and O–H groups in total. The van der Waals surface area contributed by atoms with Gasteiger partial charge in [0.2, 0.25) is 0 Å². The predicted molar refractivity (Wildman–Crippen MR) is 87.6 cm³/mol. The Balaban J connectivity index is 0.000001000. The maximum Gasteiger partial charge on any atom is 0.150 e. The van der Waals surface area contributed by atoms with Crippen LogP contribution in [0.5, 0.6) is 0 Å². The van der Waals surface area contributed by atoms with Gasteiger partial charge in [0.15, 0.2) is 0 Å². The van der Waals surface area contributed by atoms with E-state index in [9.17, 15) is 0 Å². The summed E-state index contributed by atoms with van der Waals surface area (Å²) >= 11 is 7.51. The van der Waals surface area contributed by atoms with Gasteiger partial charge in [0, 0.05) is 31.0 Å². The SMILES string of the molecule is Cl.Cl.OC[C@@H]1C[C@H](n2ccnc2-c2ccc(Cl)s2)CN1. The largest absolute Gasteiger partial charge is 0.395 e. The first-order chi connectivity index (χ1) is 8.78. The van der Waals surface area contributed by atoms with Crippen molar-refractivity contribution in [3.63, 3.8) is 0 Å². The highest BCUT2D eigenvalue weighted by molar-refractivity contribution is 7.19. The van der Waals surface area contributed by atoms with Gasteiger partial charge in [-0.3, -0.25) is 0 Å². The number of hydrogen-bond acceptors (Lipinski definition) is 4. The molecular weight excluding hydrogens is 341 g/mol. The van der Waals surface area contributed by atoms with Crippen molar-refractivity contribution in [2.24, 2.45) is 0 Å². The lowest BCUT2D eigenvalue weighted by Gasteiger charge is -2.13. The number of aliphatic hydroxyl groups excluding tert-OH is 1. The van der Waals surface area contributed by atoms with Crippen molar-refractivity contribution in [3.8, 4) is 10.7 Å². The van der Waals surface area contributed by atoms with Crippen LogP contribution in [-0.4, -0.2) is 33.9 Å². The third kappa shape index (κ3) is 3.47. The van der Waals surface area contributed by atoms with Crippen LogP contribution in [0.25, 0.3) is 10.7 Å². The van der Waals surface area contributed by atoms with E-state index >= 15 is 0 Å². The quantitative estimate of drug-likeness (QED) is 0.889. The molecule has 1 fully saturated rings. The summed E-state index contributed by atoms with van der Waals surface area (Å²) in [5.41, 5.74) is 0. The Morgan fingerprint density at radius 2 is 2.25 bits per heavy atom. The van der Waals surface area contributed by atoms with Crippen molar-refractivity contribution in [3.05, 3.63) is 28.9 Å². The molecule has 0 aromatic carbocycles. The van der Waals surface area contributed by atoms with E-state index in [1.165, 1.54) is 11.3 Å². The van der Waals surface area contributed by atoms with E-state index in [0.29, 0.717) is 6.04 Å².